The Bertz CT molecular complexity index is 625. The average molecular weight is 278 g/mol. The summed E-state index contributed by atoms with van der Waals surface area (Å²) in [6.45, 7) is 9.44. The molecule has 0 bridgehead atoms. The largest absolute Gasteiger partial charge is 0.460 e. The Kier molecular flexibility index (Phi) is 3.92. The van der Waals surface area contributed by atoms with E-state index in [2.05, 4.69) is 9.97 Å². The first kappa shape index (κ1) is 14.3. The fourth-order valence-electron chi connectivity index (χ4n) is 1.89. The van der Waals surface area contributed by atoms with Gasteiger partial charge in [-0.3, -0.25) is 0 Å². The van der Waals surface area contributed by atoms with Crippen LogP contribution < -0.4 is 0 Å². The molecular weight excluding hydrogens is 260 g/mol. The molecule has 0 fully saturated rings. The molecule has 0 spiro atoms. The average Bonchev–Trinajstić information content (AvgIpc) is 2.93. The van der Waals surface area contributed by atoms with Gasteiger partial charge in [0, 0.05) is 6.92 Å². The highest BCUT2D eigenvalue weighted by Gasteiger charge is 2.26. The number of aryl methyl sites for hydroxylation is 2. The third kappa shape index (κ3) is 2.59. The number of rotatable bonds is 4. The molecule has 2 rings (SSSR count). The van der Waals surface area contributed by atoms with Crippen LogP contribution in [-0.2, 0) is 4.74 Å². The number of esters is 1. The first-order valence-electron chi connectivity index (χ1n) is 6.56. The van der Waals surface area contributed by atoms with Crippen molar-refractivity contribution in [1.82, 2.24) is 9.97 Å². The molecule has 2 aromatic rings. The molecule has 2 heterocycles. The van der Waals surface area contributed by atoms with Crippen molar-refractivity contribution in [3.8, 4) is 11.7 Å². The van der Waals surface area contributed by atoms with E-state index < -0.39 is 5.97 Å². The Hall–Kier alpha value is -2.11. The van der Waals surface area contributed by atoms with Crippen molar-refractivity contribution in [2.45, 2.75) is 40.5 Å². The quantitative estimate of drug-likeness (QED) is 0.799. The van der Waals surface area contributed by atoms with E-state index in [0.29, 0.717) is 23.0 Å². The van der Waals surface area contributed by atoms with Gasteiger partial charge in [0.1, 0.15) is 0 Å². The summed E-state index contributed by atoms with van der Waals surface area (Å²) < 4.78 is 16.0. The molecule has 0 amide bonds. The summed E-state index contributed by atoms with van der Waals surface area (Å²) in [5, 5.41) is 0. The van der Waals surface area contributed by atoms with Crippen LogP contribution in [-0.4, -0.2) is 22.5 Å². The summed E-state index contributed by atoms with van der Waals surface area (Å²) in [4.78, 5) is 20.4. The first-order chi connectivity index (χ1) is 9.43. The van der Waals surface area contributed by atoms with E-state index in [1.165, 1.54) is 0 Å². The van der Waals surface area contributed by atoms with E-state index in [1.54, 1.807) is 20.8 Å². The van der Waals surface area contributed by atoms with Gasteiger partial charge in [0.05, 0.1) is 18.0 Å². The van der Waals surface area contributed by atoms with Gasteiger partial charge < -0.3 is 13.6 Å². The molecule has 0 radical (unpaired) electrons. The lowest BCUT2D eigenvalue weighted by molar-refractivity contribution is 0.0488. The second-order valence-electron chi connectivity index (χ2n) is 4.76. The smallest absolute Gasteiger partial charge is 0.376 e. The van der Waals surface area contributed by atoms with Gasteiger partial charge in [-0.05, 0) is 19.8 Å². The number of oxazole rings is 2. The Morgan fingerprint density at radius 2 is 1.95 bits per heavy atom. The summed E-state index contributed by atoms with van der Waals surface area (Å²) in [5.41, 5.74) is 1.24. The lowest BCUT2D eigenvalue weighted by Gasteiger charge is -2.02. The molecule has 20 heavy (non-hydrogen) atoms. The molecule has 2 aromatic heterocycles. The minimum atomic E-state index is -0.510. The Morgan fingerprint density at radius 1 is 1.25 bits per heavy atom. The standard InChI is InChI=1S/C14H18N2O4/c1-6-18-14(17)12-10(7(2)3)16-13(20-12)11-8(4)15-9(5)19-11/h7H,6H2,1-5H3. The number of hydrogen-bond acceptors (Lipinski definition) is 6. The van der Waals surface area contributed by atoms with Crippen LogP contribution in [0.3, 0.4) is 0 Å². The highest BCUT2D eigenvalue weighted by Crippen LogP contribution is 2.29. The Morgan fingerprint density at radius 3 is 2.45 bits per heavy atom. The molecule has 0 aromatic carbocycles. The highest BCUT2D eigenvalue weighted by molar-refractivity contribution is 5.88. The van der Waals surface area contributed by atoms with Crippen LogP contribution in [0.25, 0.3) is 11.7 Å². The van der Waals surface area contributed by atoms with Gasteiger partial charge in [-0.25, -0.2) is 14.8 Å². The lowest BCUT2D eigenvalue weighted by Crippen LogP contribution is -2.07. The zero-order valence-electron chi connectivity index (χ0n) is 12.3. The summed E-state index contributed by atoms with van der Waals surface area (Å²) in [5.74, 6) is 0.889. The zero-order chi connectivity index (χ0) is 14.9. The van der Waals surface area contributed by atoms with Crippen LogP contribution in [0.15, 0.2) is 8.83 Å². The van der Waals surface area contributed by atoms with Gasteiger partial charge in [-0.2, -0.15) is 0 Å². The predicted octanol–water partition coefficient (Wildman–Crippen LogP) is 3.25. The van der Waals surface area contributed by atoms with Crippen molar-refractivity contribution in [3.63, 3.8) is 0 Å². The molecular formula is C14H18N2O4. The number of carbonyl (C=O) groups excluding carboxylic acids is 1. The molecule has 0 saturated heterocycles. The van der Waals surface area contributed by atoms with Gasteiger partial charge in [0.2, 0.25) is 11.5 Å². The van der Waals surface area contributed by atoms with Crippen molar-refractivity contribution in [3.05, 3.63) is 23.0 Å². The number of nitrogens with zero attached hydrogens (tertiary/aromatic N) is 2. The normalized spacial score (nSPS) is 11.1. The molecule has 0 aliphatic carbocycles. The van der Waals surface area contributed by atoms with E-state index in [-0.39, 0.29) is 24.2 Å². The molecule has 0 atom stereocenters. The van der Waals surface area contributed by atoms with Crippen molar-refractivity contribution >= 4 is 5.97 Å². The van der Waals surface area contributed by atoms with E-state index in [1.807, 2.05) is 13.8 Å². The van der Waals surface area contributed by atoms with Crippen molar-refractivity contribution in [2.24, 2.45) is 0 Å². The van der Waals surface area contributed by atoms with E-state index in [0.717, 1.165) is 0 Å². The zero-order valence-corrected chi connectivity index (χ0v) is 12.3. The van der Waals surface area contributed by atoms with E-state index in [4.69, 9.17) is 13.6 Å². The topological polar surface area (TPSA) is 78.4 Å². The van der Waals surface area contributed by atoms with Gasteiger partial charge in [0.15, 0.2) is 5.89 Å². The van der Waals surface area contributed by atoms with Crippen molar-refractivity contribution < 1.29 is 18.4 Å². The number of aromatic nitrogens is 2. The van der Waals surface area contributed by atoms with E-state index in [9.17, 15) is 4.79 Å². The fourth-order valence-corrected chi connectivity index (χ4v) is 1.89. The minimum Gasteiger partial charge on any atom is -0.460 e. The number of ether oxygens (including phenoxy) is 1. The summed E-state index contributed by atoms with van der Waals surface area (Å²) in [6.07, 6.45) is 0. The third-order valence-electron chi connectivity index (χ3n) is 2.76. The van der Waals surface area contributed by atoms with Crippen LogP contribution in [0.4, 0.5) is 0 Å². The Labute approximate surface area is 117 Å². The monoisotopic (exact) mass is 278 g/mol. The first-order valence-corrected chi connectivity index (χ1v) is 6.56. The van der Waals surface area contributed by atoms with Gasteiger partial charge >= 0.3 is 5.97 Å². The number of carbonyl (C=O) groups is 1. The number of hydrogen-bond donors (Lipinski definition) is 0. The van der Waals surface area contributed by atoms with Gasteiger partial charge in [-0.15, -0.1) is 0 Å². The molecule has 0 N–H and O–H groups in total. The van der Waals surface area contributed by atoms with Crippen LogP contribution in [0.1, 0.15) is 54.5 Å². The molecule has 6 nitrogen and oxygen atoms in total. The van der Waals surface area contributed by atoms with Gasteiger partial charge in [-0.1, -0.05) is 13.8 Å². The van der Waals surface area contributed by atoms with Crippen molar-refractivity contribution in [2.75, 3.05) is 6.61 Å². The summed E-state index contributed by atoms with van der Waals surface area (Å²) in [6, 6.07) is 0. The summed E-state index contributed by atoms with van der Waals surface area (Å²) in [7, 11) is 0. The molecule has 0 saturated carbocycles. The molecule has 0 aliphatic heterocycles. The van der Waals surface area contributed by atoms with Crippen molar-refractivity contribution in [1.29, 1.82) is 0 Å². The minimum absolute atomic E-state index is 0.0382. The van der Waals surface area contributed by atoms with Gasteiger partial charge in [0.25, 0.3) is 5.89 Å². The van der Waals surface area contributed by atoms with Crippen LogP contribution in [0.2, 0.25) is 0 Å². The SMILES string of the molecule is CCOC(=O)c1oc(-c2oc(C)nc2C)nc1C(C)C. The Balaban J connectivity index is 2.49. The predicted molar refractivity (Wildman–Crippen MR) is 71.5 cm³/mol. The summed E-state index contributed by atoms with van der Waals surface area (Å²) >= 11 is 0. The molecule has 0 aliphatic rings. The molecule has 0 unspecified atom stereocenters. The second-order valence-corrected chi connectivity index (χ2v) is 4.76. The maximum absolute atomic E-state index is 11.9. The maximum Gasteiger partial charge on any atom is 0.376 e. The molecule has 6 heteroatoms. The highest BCUT2D eigenvalue weighted by atomic mass is 16.5. The molecule has 108 valence electrons. The second kappa shape index (κ2) is 5.48. The van der Waals surface area contributed by atoms with Crippen LogP contribution >= 0.6 is 0 Å². The third-order valence-corrected chi connectivity index (χ3v) is 2.76. The van der Waals surface area contributed by atoms with Crippen LogP contribution in [0, 0.1) is 13.8 Å². The fraction of sp³-hybridized carbons (Fsp3) is 0.500. The lowest BCUT2D eigenvalue weighted by atomic mass is 10.1. The van der Waals surface area contributed by atoms with E-state index >= 15 is 0 Å². The van der Waals surface area contributed by atoms with Crippen LogP contribution in [0.5, 0.6) is 0 Å². The maximum atomic E-state index is 11.9.